The Bertz CT molecular complexity index is 1420. The monoisotopic (exact) mass is 464 g/mol. The van der Waals surface area contributed by atoms with Crippen LogP contribution in [0.4, 0.5) is 0 Å². The second-order valence-electron chi connectivity index (χ2n) is 6.99. The zero-order valence-corrected chi connectivity index (χ0v) is 18.7. The smallest absolute Gasteiger partial charge is 0.338 e. The number of carbonyl (C=O) groups is 2. The Morgan fingerprint density at radius 1 is 1.15 bits per heavy atom. The predicted octanol–water partition coefficient (Wildman–Crippen LogP) is 0.340. The van der Waals surface area contributed by atoms with Crippen molar-refractivity contribution in [2.45, 2.75) is 12.8 Å². The lowest BCUT2D eigenvalue weighted by Gasteiger charge is -2.26. The second kappa shape index (κ2) is 9.21. The van der Waals surface area contributed by atoms with Crippen molar-refractivity contribution in [3.8, 4) is 0 Å². The fourth-order valence-electron chi connectivity index (χ4n) is 3.66. The number of esters is 2. The van der Waals surface area contributed by atoms with Crippen LogP contribution in [0.2, 0.25) is 0 Å². The molecule has 0 saturated carbocycles. The number of nitrogens with zero attached hydrogens (tertiary/aromatic N) is 3. The molecule has 0 spiro atoms. The number of pyridine rings is 2. The zero-order chi connectivity index (χ0) is 23.5. The van der Waals surface area contributed by atoms with Crippen molar-refractivity contribution in [2.75, 3.05) is 13.7 Å². The molecule has 0 bridgehead atoms. The van der Waals surface area contributed by atoms with Crippen LogP contribution in [0.25, 0.3) is 17.5 Å². The van der Waals surface area contributed by atoms with Gasteiger partial charge in [-0.3, -0.25) is 19.3 Å². The highest BCUT2D eigenvalue weighted by atomic mass is 32.1. The van der Waals surface area contributed by atoms with Crippen LogP contribution < -0.4 is 20.5 Å². The molecule has 33 heavy (non-hydrogen) atoms. The Morgan fingerprint density at radius 3 is 2.48 bits per heavy atom. The van der Waals surface area contributed by atoms with Crippen molar-refractivity contribution in [1.82, 2.24) is 14.5 Å². The molecule has 10 heteroatoms. The maximum Gasteiger partial charge on any atom is 0.338 e. The van der Waals surface area contributed by atoms with Gasteiger partial charge in [0.2, 0.25) is 0 Å². The summed E-state index contributed by atoms with van der Waals surface area (Å²) in [5, 5.41) is 0. The van der Waals surface area contributed by atoms with Crippen LogP contribution in [0.1, 0.15) is 24.0 Å². The number of ether oxygens (including phenoxy) is 2. The van der Waals surface area contributed by atoms with Crippen LogP contribution in [0.15, 0.2) is 59.4 Å². The first-order valence-electron chi connectivity index (χ1n) is 10.0. The van der Waals surface area contributed by atoms with Gasteiger partial charge in [-0.1, -0.05) is 12.1 Å². The van der Waals surface area contributed by atoms with Crippen LogP contribution in [0.3, 0.4) is 0 Å². The molecule has 0 saturated heterocycles. The van der Waals surface area contributed by atoms with Gasteiger partial charge in [0.05, 0.1) is 35.3 Å². The molecule has 9 nitrogen and oxygen atoms in total. The van der Waals surface area contributed by atoms with Crippen LogP contribution in [0.5, 0.6) is 0 Å². The van der Waals surface area contributed by atoms with Crippen molar-refractivity contribution in [1.29, 1.82) is 0 Å². The van der Waals surface area contributed by atoms with Gasteiger partial charge in [0.1, 0.15) is 10.5 Å². The largest absolute Gasteiger partial charge is 0.466 e. The minimum Gasteiger partial charge on any atom is -0.466 e. The molecule has 0 unspecified atom stereocenters. The van der Waals surface area contributed by atoms with Crippen LogP contribution in [-0.2, 0) is 19.1 Å². The van der Waals surface area contributed by atoms with Gasteiger partial charge < -0.3 is 15.2 Å². The molecule has 0 radical (unpaired) electrons. The van der Waals surface area contributed by atoms with Gasteiger partial charge in [-0.25, -0.2) is 9.59 Å². The molecule has 2 N–H and O–H groups in total. The maximum absolute atomic E-state index is 13.3. The third-order valence-corrected chi connectivity index (χ3v) is 6.16. The summed E-state index contributed by atoms with van der Waals surface area (Å²) in [4.78, 5) is 47.5. The molecule has 1 atom stereocenters. The Balaban J connectivity index is 2.13. The molecule has 4 heterocycles. The van der Waals surface area contributed by atoms with E-state index in [9.17, 15) is 14.4 Å². The summed E-state index contributed by atoms with van der Waals surface area (Å²) in [7, 11) is 1.21. The number of rotatable bonds is 5. The molecule has 0 aromatic carbocycles. The van der Waals surface area contributed by atoms with Crippen molar-refractivity contribution < 1.29 is 19.1 Å². The first-order chi connectivity index (χ1) is 16.0. The van der Waals surface area contributed by atoms with Gasteiger partial charge in [-0.15, -0.1) is 11.3 Å². The molecular formula is C23H20N4O5S. The number of fused-ring (bicyclic) bond motifs is 1. The lowest BCUT2D eigenvalue weighted by atomic mass is 9.84. The van der Waals surface area contributed by atoms with Crippen molar-refractivity contribution in [3.05, 3.63) is 85.3 Å². The highest BCUT2D eigenvalue weighted by Gasteiger charge is 2.39. The fourth-order valence-corrected chi connectivity index (χ4v) is 4.82. The number of aromatic nitrogens is 3. The number of nitrogens with two attached hydrogens (primary N) is 1. The topological polar surface area (TPSA) is 126 Å². The summed E-state index contributed by atoms with van der Waals surface area (Å²) in [6.07, 6.45) is 7.99. The number of thiazole rings is 1. The molecule has 3 aromatic rings. The highest BCUT2D eigenvalue weighted by molar-refractivity contribution is 7.07. The average Bonchev–Trinajstić information content (AvgIpc) is 3.15. The van der Waals surface area contributed by atoms with Gasteiger partial charge in [0.25, 0.3) is 5.56 Å². The zero-order valence-electron chi connectivity index (χ0n) is 17.8. The van der Waals surface area contributed by atoms with E-state index >= 15 is 0 Å². The Kier molecular flexibility index (Phi) is 6.18. The van der Waals surface area contributed by atoms with Gasteiger partial charge in [0.15, 0.2) is 0 Å². The summed E-state index contributed by atoms with van der Waals surface area (Å²) in [5.41, 5.74) is 7.23. The highest BCUT2D eigenvalue weighted by Crippen LogP contribution is 2.37. The number of hydrogen-bond donors (Lipinski definition) is 1. The van der Waals surface area contributed by atoms with Gasteiger partial charge in [0, 0.05) is 24.8 Å². The van der Waals surface area contributed by atoms with Gasteiger partial charge >= 0.3 is 11.9 Å². The van der Waals surface area contributed by atoms with E-state index in [2.05, 4.69) is 9.97 Å². The molecule has 3 aromatic heterocycles. The summed E-state index contributed by atoms with van der Waals surface area (Å²) in [6, 6.07) is 6.94. The van der Waals surface area contributed by atoms with Crippen LogP contribution in [-0.4, -0.2) is 40.2 Å². The minimum absolute atomic E-state index is 0.0334. The average molecular weight is 465 g/mol. The SMILES string of the molecule is CCOC(=O)C1=c2s/c(=C/c3cccnc3)c(=O)n2C(N)=C(C(=O)OC)[C@@H]1c1cccnc1. The van der Waals surface area contributed by atoms with Crippen molar-refractivity contribution >= 4 is 40.7 Å². The molecule has 0 aliphatic carbocycles. The Morgan fingerprint density at radius 2 is 1.88 bits per heavy atom. The summed E-state index contributed by atoms with van der Waals surface area (Å²) >= 11 is 1.09. The quantitative estimate of drug-likeness (QED) is 0.536. The number of carbonyl (C=O) groups excluding carboxylic acids is 2. The van der Waals surface area contributed by atoms with E-state index < -0.39 is 23.4 Å². The molecule has 1 aliphatic heterocycles. The van der Waals surface area contributed by atoms with E-state index in [1.165, 1.54) is 13.3 Å². The van der Waals surface area contributed by atoms with E-state index in [0.717, 1.165) is 15.9 Å². The van der Waals surface area contributed by atoms with E-state index in [1.807, 2.05) is 0 Å². The van der Waals surface area contributed by atoms with Gasteiger partial charge in [-0.2, -0.15) is 0 Å². The lowest BCUT2D eigenvalue weighted by Crippen LogP contribution is -2.41. The number of methoxy groups -OCH3 is 1. The lowest BCUT2D eigenvalue weighted by molar-refractivity contribution is -0.136. The predicted molar refractivity (Wildman–Crippen MR) is 122 cm³/mol. The summed E-state index contributed by atoms with van der Waals surface area (Å²) in [5.74, 6) is -2.45. The number of hydrogen-bond acceptors (Lipinski definition) is 9. The molecule has 1 aliphatic rings. The van der Waals surface area contributed by atoms with Gasteiger partial charge in [-0.05, 0) is 36.3 Å². The third-order valence-electron chi connectivity index (χ3n) is 5.05. The third kappa shape index (κ3) is 3.96. The fraction of sp³-hybridized carbons (Fsp3) is 0.174. The molecule has 4 rings (SSSR count). The standard InChI is InChI=1S/C23H20N4O5S/c1-3-32-23(30)18-16(14-7-5-9-26-12-14)17(22(29)31-2)19(24)27-20(28)15(33-21(18)27)10-13-6-4-8-25-11-13/h4-12,16H,3,24H2,1-2H3/b15-10+/t16-/m0/s1. The van der Waals surface area contributed by atoms with E-state index in [1.54, 1.807) is 55.9 Å². The second-order valence-corrected chi connectivity index (χ2v) is 8.02. The molecule has 0 fully saturated rings. The van der Waals surface area contributed by atoms with Crippen molar-refractivity contribution in [2.24, 2.45) is 5.73 Å². The summed E-state index contributed by atoms with van der Waals surface area (Å²) < 4.78 is 12.0. The van der Waals surface area contributed by atoms with E-state index in [4.69, 9.17) is 15.2 Å². The molecule has 0 amide bonds. The maximum atomic E-state index is 13.3. The van der Waals surface area contributed by atoms with E-state index in [-0.39, 0.29) is 28.2 Å². The Hall–Kier alpha value is -4.05. The normalized spacial score (nSPS) is 15.9. The minimum atomic E-state index is -0.922. The van der Waals surface area contributed by atoms with E-state index in [0.29, 0.717) is 15.7 Å². The molecule has 168 valence electrons. The summed E-state index contributed by atoms with van der Waals surface area (Å²) in [6.45, 7) is 1.79. The Labute approximate surface area is 192 Å². The van der Waals surface area contributed by atoms with Crippen LogP contribution in [0, 0.1) is 0 Å². The first-order valence-corrected chi connectivity index (χ1v) is 10.8. The van der Waals surface area contributed by atoms with Crippen LogP contribution >= 0.6 is 11.3 Å². The first kappa shape index (κ1) is 22.2. The van der Waals surface area contributed by atoms with Crippen molar-refractivity contribution in [3.63, 3.8) is 0 Å². The molecular weight excluding hydrogens is 444 g/mol.